The summed E-state index contributed by atoms with van der Waals surface area (Å²) in [4.78, 5) is 0. The van der Waals surface area contributed by atoms with Crippen molar-refractivity contribution in [2.24, 2.45) is 0 Å². The van der Waals surface area contributed by atoms with Crippen molar-refractivity contribution in [3.8, 4) is 0 Å². The van der Waals surface area contributed by atoms with Crippen LogP contribution >= 0.6 is 0 Å². The zero-order chi connectivity index (χ0) is 11.2. The van der Waals surface area contributed by atoms with Crippen molar-refractivity contribution in [3.05, 3.63) is 23.7 Å². The molecule has 1 spiro atoms. The zero-order valence-electron chi connectivity index (χ0n) is 10.0. The molecule has 2 aliphatic rings. The van der Waals surface area contributed by atoms with Crippen LogP contribution in [-0.2, 0) is 16.7 Å². The third kappa shape index (κ3) is 1.50. The van der Waals surface area contributed by atoms with Crippen LogP contribution < -0.4 is 5.32 Å². The average molecular weight is 221 g/mol. The lowest BCUT2D eigenvalue weighted by molar-refractivity contribution is -0.0955. The number of fused-ring (bicyclic) bond motifs is 2. The fraction of sp³-hybridized carbons (Fsp3) is 0.692. The van der Waals surface area contributed by atoms with Crippen LogP contribution in [0.5, 0.6) is 0 Å². The van der Waals surface area contributed by atoms with Crippen molar-refractivity contribution < 1.29 is 9.15 Å². The standard InChI is InChI=1S/C13H19NO2/c1-12(2)9-13(5-8-16-12)11-10(3-6-14-13)4-7-15-11/h4,7,14H,3,5-6,8-9H2,1-2H3. The Morgan fingerprint density at radius 1 is 1.38 bits per heavy atom. The molecule has 0 bridgehead atoms. The predicted octanol–water partition coefficient (Wildman–Crippen LogP) is 2.21. The summed E-state index contributed by atoms with van der Waals surface area (Å²) in [5, 5.41) is 3.66. The van der Waals surface area contributed by atoms with Gasteiger partial charge in [0.05, 0.1) is 17.4 Å². The Morgan fingerprint density at radius 3 is 3.06 bits per heavy atom. The minimum absolute atomic E-state index is 0.0127. The third-order valence-corrected chi connectivity index (χ3v) is 3.79. The Balaban J connectivity index is 2.00. The van der Waals surface area contributed by atoms with E-state index in [0.717, 1.165) is 38.2 Å². The van der Waals surface area contributed by atoms with E-state index in [1.807, 2.05) is 6.26 Å². The Hall–Kier alpha value is -0.800. The zero-order valence-corrected chi connectivity index (χ0v) is 10.0. The molecule has 0 amide bonds. The van der Waals surface area contributed by atoms with E-state index in [4.69, 9.17) is 9.15 Å². The molecule has 0 aliphatic carbocycles. The van der Waals surface area contributed by atoms with Gasteiger partial charge in [-0.25, -0.2) is 0 Å². The van der Waals surface area contributed by atoms with Crippen molar-refractivity contribution in [2.75, 3.05) is 13.2 Å². The molecular weight excluding hydrogens is 202 g/mol. The molecule has 0 aromatic carbocycles. The molecule has 0 radical (unpaired) electrons. The second-order valence-corrected chi connectivity index (χ2v) is 5.57. The van der Waals surface area contributed by atoms with Gasteiger partial charge in [-0.05, 0) is 38.3 Å². The maximum atomic E-state index is 5.80. The summed E-state index contributed by atoms with van der Waals surface area (Å²) in [5.74, 6) is 1.15. The molecule has 16 heavy (non-hydrogen) atoms. The van der Waals surface area contributed by atoms with Crippen LogP contribution in [0.15, 0.2) is 16.7 Å². The van der Waals surface area contributed by atoms with Crippen LogP contribution in [0.1, 0.15) is 38.0 Å². The molecule has 3 nitrogen and oxygen atoms in total. The van der Waals surface area contributed by atoms with E-state index < -0.39 is 0 Å². The normalized spacial score (nSPS) is 32.6. The summed E-state index contributed by atoms with van der Waals surface area (Å²) < 4.78 is 11.5. The van der Waals surface area contributed by atoms with Crippen molar-refractivity contribution in [1.29, 1.82) is 0 Å². The molecule has 1 fully saturated rings. The number of hydrogen-bond acceptors (Lipinski definition) is 3. The van der Waals surface area contributed by atoms with Crippen molar-refractivity contribution in [2.45, 2.75) is 44.2 Å². The van der Waals surface area contributed by atoms with Crippen LogP contribution in [0.25, 0.3) is 0 Å². The summed E-state index contributed by atoms with van der Waals surface area (Å²) >= 11 is 0. The van der Waals surface area contributed by atoms with Crippen molar-refractivity contribution in [1.82, 2.24) is 5.32 Å². The molecular formula is C13H19NO2. The lowest BCUT2D eigenvalue weighted by atomic mass is 9.76. The first-order chi connectivity index (χ1) is 7.61. The van der Waals surface area contributed by atoms with E-state index in [0.29, 0.717) is 0 Å². The predicted molar refractivity (Wildman–Crippen MR) is 61.4 cm³/mol. The molecule has 1 saturated heterocycles. The van der Waals surface area contributed by atoms with Gasteiger partial charge in [-0.15, -0.1) is 0 Å². The van der Waals surface area contributed by atoms with Crippen LogP contribution in [0.3, 0.4) is 0 Å². The Labute approximate surface area is 96.2 Å². The first-order valence-corrected chi connectivity index (χ1v) is 6.07. The second-order valence-electron chi connectivity index (χ2n) is 5.57. The van der Waals surface area contributed by atoms with Crippen LogP contribution in [0, 0.1) is 0 Å². The highest BCUT2D eigenvalue weighted by Gasteiger charge is 2.46. The largest absolute Gasteiger partial charge is 0.467 e. The first kappa shape index (κ1) is 10.4. The first-order valence-electron chi connectivity index (χ1n) is 6.07. The molecule has 88 valence electrons. The minimum atomic E-state index is -0.0628. The lowest BCUT2D eigenvalue weighted by Crippen LogP contribution is -2.54. The topological polar surface area (TPSA) is 34.4 Å². The Morgan fingerprint density at radius 2 is 2.25 bits per heavy atom. The van der Waals surface area contributed by atoms with Gasteiger partial charge in [0, 0.05) is 19.6 Å². The average Bonchev–Trinajstić information content (AvgIpc) is 2.65. The number of hydrogen-bond donors (Lipinski definition) is 1. The van der Waals surface area contributed by atoms with E-state index in [9.17, 15) is 0 Å². The lowest BCUT2D eigenvalue weighted by Gasteiger charge is -2.46. The van der Waals surface area contributed by atoms with Crippen LogP contribution in [0.4, 0.5) is 0 Å². The molecule has 1 aromatic rings. The summed E-state index contributed by atoms with van der Waals surface area (Å²) in [6, 6.07) is 2.11. The Bertz CT molecular complexity index is 396. The quantitative estimate of drug-likeness (QED) is 0.729. The molecule has 1 aromatic heterocycles. The van der Waals surface area contributed by atoms with Crippen molar-refractivity contribution >= 4 is 0 Å². The number of furan rings is 1. The van der Waals surface area contributed by atoms with E-state index in [-0.39, 0.29) is 11.1 Å². The molecule has 2 aliphatic heterocycles. The summed E-state index contributed by atoms with van der Waals surface area (Å²) in [7, 11) is 0. The maximum absolute atomic E-state index is 5.80. The second kappa shape index (κ2) is 3.34. The van der Waals surface area contributed by atoms with Gasteiger partial charge in [0.25, 0.3) is 0 Å². The van der Waals surface area contributed by atoms with Crippen LogP contribution in [0.2, 0.25) is 0 Å². The SMILES string of the molecule is CC1(C)CC2(CCO1)NCCc1ccoc12. The van der Waals surface area contributed by atoms with Crippen LogP contribution in [-0.4, -0.2) is 18.8 Å². The van der Waals surface area contributed by atoms with E-state index >= 15 is 0 Å². The number of rotatable bonds is 0. The number of ether oxygens (including phenoxy) is 1. The molecule has 3 heteroatoms. The highest BCUT2D eigenvalue weighted by atomic mass is 16.5. The van der Waals surface area contributed by atoms with Crippen molar-refractivity contribution in [3.63, 3.8) is 0 Å². The Kier molecular flexibility index (Phi) is 2.17. The molecule has 1 N–H and O–H groups in total. The van der Waals surface area contributed by atoms with E-state index in [1.54, 1.807) is 0 Å². The summed E-state index contributed by atoms with van der Waals surface area (Å²) in [6.07, 6.45) is 4.90. The fourth-order valence-corrected chi connectivity index (χ4v) is 3.18. The van der Waals surface area contributed by atoms with Gasteiger partial charge < -0.3 is 14.5 Å². The molecule has 1 unspecified atom stereocenters. The minimum Gasteiger partial charge on any atom is -0.467 e. The molecule has 1 atom stereocenters. The van der Waals surface area contributed by atoms with Gasteiger partial charge in [0.1, 0.15) is 5.76 Å². The molecule has 3 heterocycles. The van der Waals surface area contributed by atoms with Gasteiger partial charge in [-0.1, -0.05) is 0 Å². The maximum Gasteiger partial charge on any atom is 0.127 e. The van der Waals surface area contributed by atoms with Gasteiger partial charge in [-0.2, -0.15) is 0 Å². The molecule has 0 saturated carbocycles. The summed E-state index contributed by atoms with van der Waals surface area (Å²) in [6.45, 7) is 6.17. The van der Waals surface area contributed by atoms with Gasteiger partial charge >= 0.3 is 0 Å². The number of nitrogens with one attached hydrogen (secondary N) is 1. The van der Waals surface area contributed by atoms with Gasteiger partial charge in [0.15, 0.2) is 0 Å². The highest BCUT2D eigenvalue weighted by molar-refractivity contribution is 5.29. The van der Waals surface area contributed by atoms with Gasteiger partial charge in [0.2, 0.25) is 0 Å². The van der Waals surface area contributed by atoms with E-state index in [2.05, 4.69) is 25.2 Å². The smallest absolute Gasteiger partial charge is 0.127 e. The highest BCUT2D eigenvalue weighted by Crippen LogP contribution is 2.42. The third-order valence-electron chi connectivity index (χ3n) is 3.79. The molecule has 3 rings (SSSR count). The van der Waals surface area contributed by atoms with Gasteiger partial charge in [-0.3, -0.25) is 0 Å². The monoisotopic (exact) mass is 221 g/mol. The summed E-state index contributed by atoms with van der Waals surface area (Å²) in [5.41, 5.74) is 1.32. The van der Waals surface area contributed by atoms with E-state index in [1.165, 1.54) is 5.56 Å². The fourth-order valence-electron chi connectivity index (χ4n) is 3.18.